The third kappa shape index (κ3) is 6.90. The molecule has 0 aromatic heterocycles. The van der Waals surface area contributed by atoms with Crippen LogP contribution in [-0.2, 0) is 14.8 Å². The lowest BCUT2D eigenvalue weighted by Gasteiger charge is -2.24. The highest BCUT2D eigenvalue weighted by Crippen LogP contribution is 2.23. The summed E-state index contributed by atoms with van der Waals surface area (Å²) in [7, 11) is -1.90. The van der Waals surface area contributed by atoms with E-state index in [2.05, 4.69) is 5.32 Å². The normalized spacial score (nSPS) is 11.9. The SMILES string of the molecule is COc1cccc(N(CCCC(=O)NC(C)(C)C)S(C)(=O)=O)c1. The number of carbonyl (C=O) groups excluding carboxylic acids is 1. The number of sulfonamides is 1. The first-order valence-corrected chi connectivity index (χ1v) is 9.30. The monoisotopic (exact) mass is 342 g/mol. The van der Waals surface area contributed by atoms with Gasteiger partial charge in [-0.3, -0.25) is 9.10 Å². The van der Waals surface area contributed by atoms with Gasteiger partial charge in [0.05, 0.1) is 19.1 Å². The van der Waals surface area contributed by atoms with Gasteiger partial charge in [-0.25, -0.2) is 8.42 Å². The van der Waals surface area contributed by atoms with Crippen molar-refractivity contribution in [2.75, 3.05) is 24.2 Å². The van der Waals surface area contributed by atoms with Crippen molar-refractivity contribution in [3.05, 3.63) is 24.3 Å². The predicted octanol–water partition coefficient (Wildman–Crippen LogP) is 2.16. The largest absolute Gasteiger partial charge is 0.497 e. The van der Waals surface area contributed by atoms with E-state index >= 15 is 0 Å². The van der Waals surface area contributed by atoms with Crippen LogP contribution in [0.4, 0.5) is 5.69 Å². The topological polar surface area (TPSA) is 75.7 Å². The molecule has 0 unspecified atom stereocenters. The molecule has 130 valence electrons. The van der Waals surface area contributed by atoms with Gasteiger partial charge in [0.1, 0.15) is 5.75 Å². The van der Waals surface area contributed by atoms with Crippen molar-refractivity contribution in [3.63, 3.8) is 0 Å². The zero-order valence-corrected chi connectivity index (χ0v) is 15.2. The molecule has 0 bridgehead atoms. The van der Waals surface area contributed by atoms with Crippen molar-refractivity contribution < 1.29 is 17.9 Å². The van der Waals surface area contributed by atoms with E-state index in [1.54, 1.807) is 24.3 Å². The van der Waals surface area contributed by atoms with E-state index in [4.69, 9.17) is 4.74 Å². The molecule has 0 spiro atoms. The number of rotatable bonds is 7. The molecule has 1 rings (SSSR count). The third-order valence-electron chi connectivity index (χ3n) is 3.02. The zero-order valence-electron chi connectivity index (χ0n) is 14.4. The molecule has 0 radical (unpaired) electrons. The molecule has 1 amide bonds. The maximum atomic E-state index is 12.0. The molecule has 0 aliphatic heterocycles. The highest BCUT2D eigenvalue weighted by Gasteiger charge is 2.19. The van der Waals surface area contributed by atoms with E-state index in [1.165, 1.54) is 11.4 Å². The maximum Gasteiger partial charge on any atom is 0.232 e. The minimum atomic E-state index is -3.43. The lowest BCUT2D eigenvalue weighted by atomic mass is 10.1. The second-order valence-corrected chi connectivity index (χ2v) is 8.35. The summed E-state index contributed by atoms with van der Waals surface area (Å²) in [5.41, 5.74) is 0.239. The number of methoxy groups -OCH3 is 1. The summed E-state index contributed by atoms with van der Waals surface area (Å²) in [4.78, 5) is 11.8. The summed E-state index contributed by atoms with van der Waals surface area (Å²) in [5, 5.41) is 2.86. The van der Waals surface area contributed by atoms with Crippen molar-refractivity contribution in [2.24, 2.45) is 0 Å². The first-order valence-electron chi connectivity index (χ1n) is 7.46. The molecule has 0 saturated heterocycles. The van der Waals surface area contributed by atoms with Crippen molar-refractivity contribution in [1.82, 2.24) is 5.32 Å². The Kier molecular flexibility index (Phi) is 6.44. The molecule has 0 saturated carbocycles. The van der Waals surface area contributed by atoms with E-state index < -0.39 is 10.0 Å². The molecule has 1 aromatic rings. The van der Waals surface area contributed by atoms with Crippen molar-refractivity contribution >= 4 is 21.6 Å². The number of benzene rings is 1. The molecule has 1 N–H and O–H groups in total. The van der Waals surface area contributed by atoms with Crippen LogP contribution in [0.2, 0.25) is 0 Å². The molecule has 0 fully saturated rings. The van der Waals surface area contributed by atoms with Crippen molar-refractivity contribution in [3.8, 4) is 5.75 Å². The molecule has 23 heavy (non-hydrogen) atoms. The smallest absolute Gasteiger partial charge is 0.232 e. The Morgan fingerprint density at radius 3 is 2.48 bits per heavy atom. The molecular weight excluding hydrogens is 316 g/mol. The van der Waals surface area contributed by atoms with Crippen LogP contribution in [0.3, 0.4) is 0 Å². The number of nitrogens with one attached hydrogen (secondary N) is 1. The van der Waals surface area contributed by atoms with Crippen LogP contribution >= 0.6 is 0 Å². The molecule has 0 heterocycles. The Labute approximate surface area is 138 Å². The molecule has 0 aliphatic rings. The Bertz CT molecular complexity index is 636. The number of nitrogens with zero attached hydrogens (tertiary/aromatic N) is 1. The number of amides is 1. The van der Waals surface area contributed by atoms with E-state index in [1.807, 2.05) is 20.8 Å². The predicted molar refractivity (Wildman–Crippen MR) is 92.3 cm³/mol. The summed E-state index contributed by atoms with van der Waals surface area (Å²) >= 11 is 0. The first kappa shape index (κ1) is 19.3. The van der Waals surface area contributed by atoms with E-state index in [-0.39, 0.29) is 24.4 Å². The summed E-state index contributed by atoms with van der Waals surface area (Å²) in [6, 6.07) is 6.86. The fourth-order valence-electron chi connectivity index (χ4n) is 2.12. The van der Waals surface area contributed by atoms with Gasteiger partial charge in [0, 0.05) is 24.6 Å². The highest BCUT2D eigenvalue weighted by molar-refractivity contribution is 7.92. The minimum Gasteiger partial charge on any atom is -0.497 e. The van der Waals surface area contributed by atoms with Gasteiger partial charge < -0.3 is 10.1 Å². The quantitative estimate of drug-likeness (QED) is 0.824. The molecule has 0 aliphatic carbocycles. The number of ether oxygens (including phenoxy) is 1. The van der Waals surface area contributed by atoms with Gasteiger partial charge in [0.2, 0.25) is 15.9 Å². The van der Waals surface area contributed by atoms with Gasteiger partial charge >= 0.3 is 0 Å². The molecule has 1 aromatic carbocycles. The van der Waals surface area contributed by atoms with Gasteiger partial charge in [-0.2, -0.15) is 0 Å². The minimum absolute atomic E-state index is 0.0865. The average Bonchev–Trinajstić information content (AvgIpc) is 2.40. The third-order valence-corrected chi connectivity index (χ3v) is 4.22. The maximum absolute atomic E-state index is 12.0. The highest BCUT2D eigenvalue weighted by atomic mass is 32.2. The Hall–Kier alpha value is -1.76. The van der Waals surface area contributed by atoms with E-state index in [0.717, 1.165) is 6.26 Å². The van der Waals surface area contributed by atoms with Crippen molar-refractivity contribution in [1.29, 1.82) is 0 Å². The van der Waals surface area contributed by atoms with Crippen LogP contribution in [0, 0.1) is 0 Å². The number of hydrogen-bond donors (Lipinski definition) is 1. The van der Waals surface area contributed by atoms with Crippen LogP contribution < -0.4 is 14.4 Å². The van der Waals surface area contributed by atoms with E-state index in [0.29, 0.717) is 17.9 Å². The summed E-state index contributed by atoms with van der Waals surface area (Å²) in [6.45, 7) is 5.96. The summed E-state index contributed by atoms with van der Waals surface area (Å²) in [6.07, 6.45) is 1.86. The Morgan fingerprint density at radius 1 is 1.30 bits per heavy atom. The number of anilines is 1. The van der Waals surface area contributed by atoms with Gasteiger partial charge in [-0.1, -0.05) is 6.07 Å². The van der Waals surface area contributed by atoms with Gasteiger partial charge in [-0.15, -0.1) is 0 Å². The van der Waals surface area contributed by atoms with Crippen LogP contribution in [0.15, 0.2) is 24.3 Å². The first-order chi connectivity index (χ1) is 10.5. The standard InChI is InChI=1S/C16H26N2O4S/c1-16(2,3)17-15(19)10-7-11-18(23(5,20)21)13-8-6-9-14(12-13)22-4/h6,8-9,12H,7,10-11H2,1-5H3,(H,17,19). The Morgan fingerprint density at radius 2 is 1.96 bits per heavy atom. The van der Waals surface area contributed by atoms with Crippen molar-refractivity contribution in [2.45, 2.75) is 39.2 Å². The zero-order chi connectivity index (χ0) is 17.7. The fourth-order valence-corrected chi connectivity index (χ4v) is 3.07. The second kappa shape index (κ2) is 7.68. The van der Waals surface area contributed by atoms with Crippen LogP contribution in [0.1, 0.15) is 33.6 Å². The number of carbonyl (C=O) groups is 1. The molecule has 6 nitrogen and oxygen atoms in total. The van der Waals surface area contributed by atoms with Crippen LogP contribution in [0.5, 0.6) is 5.75 Å². The average molecular weight is 342 g/mol. The summed E-state index contributed by atoms with van der Waals surface area (Å²) in [5.74, 6) is 0.498. The summed E-state index contributed by atoms with van der Waals surface area (Å²) < 4.78 is 30.5. The van der Waals surface area contributed by atoms with E-state index in [9.17, 15) is 13.2 Å². The van der Waals surface area contributed by atoms with Crippen LogP contribution in [-0.4, -0.2) is 39.8 Å². The Balaban J connectivity index is 2.76. The lowest BCUT2D eigenvalue weighted by molar-refractivity contribution is -0.122. The number of hydrogen-bond acceptors (Lipinski definition) is 4. The van der Waals surface area contributed by atoms with Gasteiger partial charge in [0.25, 0.3) is 0 Å². The molecular formula is C16H26N2O4S. The lowest BCUT2D eigenvalue weighted by Crippen LogP contribution is -2.41. The second-order valence-electron chi connectivity index (χ2n) is 6.44. The fraction of sp³-hybridized carbons (Fsp3) is 0.562. The van der Waals surface area contributed by atoms with Crippen LogP contribution in [0.25, 0.3) is 0 Å². The molecule has 7 heteroatoms. The van der Waals surface area contributed by atoms with Gasteiger partial charge in [0.15, 0.2) is 0 Å². The molecule has 0 atom stereocenters. The van der Waals surface area contributed by atoms with Gasteiger partial charge in [-0.05, 0) is 39.3 Å².